The van der Waals surface area contributed by atoms with Crippen LogP contribution in [0, 0.1) is 0 Å². The van der Waals surface area contributed by atoms with Gasteiger partial charge in [0.1, 0.15) is 6.04 Å². The quantitative estimate of drug-likeness (QED) is 0.894. The molecule has 1 atom stereocenters. The lowest BCUT2D eigenvalue weighted by molar-refractivity contribution is -0.693. The summed E-state index contributed by atoms with van der Waals surface area (Å²) in [7, 11) is 0. The van der Waals surface area contributed by atoms with Crippen LogP contribution in [0.4, 0.5) is 13.2 Å². The highest BCUT2D eigenvalue weighted by Crippen LogP contribution is 2.31. The predicted molar refractivity (Wildman–Crippen MR) is 81.3 cm³/mol. The van der Waals surface area contributed by atoms with Crippen molar-refractivity contribution in [2.45, 2.75) is 25.6 Å². The van der Waals surface area contributed by atoms with Crippen molar-refractivity contribution in [3.05, 3.63) is 35.7 Å². The summed E-state index contributed by atoms with van der Waals surface area (Å²) < 4.78 is 43.4. The van der Waals surface area contributed by atoms with E-state index in [1.165, 1.54) is 12.1 Å². The van der Waals surface area contributed by atoms with Crippen LogP contribution in [0.25, 0.3) is 11.5 Å². The van der Waals surface area contributed by atoms with Gasteiger partial charge in [-0.25, -0.2) is 0 Å². The van der Waals surface area contributed by atoms with Crippen molar-refractivity contribution in [3.8, 4) is 11.5 Å². The summed E-state index contributed by atoms with van der Waals surface area (Å²) in [6.07, 6.45) is -4.48. The number of halogens is 3. The molecule has 0 spiro atoms. The molecule has 0 bridgehead atoms. The molecule has 1 amide bonds. The molecule has 2 N–H and O–H groups in total. The first kappa shape index (κ1) is 17.4. The fourth-order valence-electron chi connectivity index (χ4n) is 2.77. The van der Waals surface area contributed by atoms with Crippen LogP contribution in [-0.2, 0) is 17.4 Å². The number of piperazine rings is 1. The molecule has 1 saturated heterocycles. The molecule has 1 aliphatic rings. The number of carbonyl (C=O) groups excluding carboxylic acids is 1. The topological polar surface area (TPSA) is 75.8 Å². The molecule has 2 heterocycles. The Balaban J connectivity index is 1.71. The fourth-order valence-corrected chi connectivity index (χ4v) is 2.77. The van der Waals surface area contributed by atoms with E-state index >= 15 is 0 Å². The molecule has 0 radical (unpaired) electrons. The van der Waals surface area contributed by atoms with Gasteiger partial charge in [0.05, 0.1) is 31.6 Å². The molecule has 6 nitrogen and oxygen atoms in total. The van der Waals surface area contributed by atoms with E-state index < -0.39 is 11.7 Å². The summed E-state index contributed by atoms with van der Waals surface area (Å²) in [5.41, 5.74) is -0.624. The minimum atomic E-state index is -4.45. The van der Waals surface area contributed by atoms with E-state index in [4.69, 9.17) is 4.52 Å². The molecule has 0 saturated carbocycles. The highest BCUT2D eigenvalue weighted by Gasteiger charge is 2.31. The zero-order chi connectivity index (χ0) is 18.0. The lowest BCUT2D eigenvalue weighted by Crippen LogP contribution is -2.94. The number of nitrogens with zero attached hydrogens (tertiary/aromatic N) is 3. The van der Waals surface area contributed by atoms with Crippen LogP contribution < -0.4 is 5.32 Å². The number of hydrogen-bond donors (Lipinski definition) is 1. The van der Waals surface area contributed by atoms with Gasteiger partial charge in [-0.05, 0) is 25.1 Å². The highest BCUT2D eigenvalue weighted by molar-refractivity contribution is 5.78. The van der Waals surface area contributed by atoms with Crippen molar-refractivity contribution in [3.63, 3.8) is 0 Å². The van der Waals surface area contributed by atoms with E-state index in [0.717, 1.165) is 18.7 Å². The van der Waals surface area contributed by atoms with Crippen LogP contribution in [-0.4, -0.2) is 46.6 Å². The summed E-state index contributed by atoms with van der Waals surface area (Å²) in [6, 6.07) is 4.98. The molecule has 1 aliphatic heterocycles. The maximum Gasteiger partial charge on any atom is 0.416 e. The number of benzene rings is 1. The molecule has 0 unspecified atom stereocenters. The molecule has 1 aromatic carbocycles. The third-order valence-corrected chi connectivity index (χ3v) is 4.04. The second-order valence-corrected chi connectivity index (χ2v) is 6.11. The summed E-state index contributed by atoms with van der Waals surface area (Å²) in [5.74, 6) is 0.0187. The van der Waals surface area contributed by atoms with Crippen molar-refractivity contribution in [2.24, 2.45) is 0 Å². The van der Waals surface area contributed by atoms with Crippen molar-refractivity contribution in [2.75, 3.05) is 19.6 Å². The molecule has 134 valence electrons. The number of nitrogens with two attached hydrogens (primary N) is 1. The zero-order valence-corrected chi connectivity index (χ0v) is 13.6. The molecule has 3 rings (SSSR count). The molecule has 1 fully saturated rings. The van der Waals surface area contributed by atoms with Crippen LogP contribution >= 0.6 is 0 Å². The standard InChI is InChI=1S/C16H17F3N4O2/c1-10-9-23(6-5-20-10)14(24)8-13-21-15(25-22-13)11-3-2-4-12(7-11)16(17,18)19/h2-4,7,10,20H,5-6,8-9H2,1H3/p+1/t10-/m0/s1. The van der Waals surface area contributed by atoms with Crippen LogP contribution in [0.15, 0.2) is 28.8 Å². The average molecular weight is 355 g/mol. The van der Waals surface area contributed by atoms with Gasteiger partial charge >= 0.3 is 6.18 Å². The Morgan fingerprint density at radius 2 is 2.24 bits per heavy atom. The Morgan fingerprint density at radius 3 is 2.96 bits per heavy atom. The number of aromatic nitrogens is 2. The number of rotatable bonds is 3. The fraction of sp³-hybridized carbons (Fsp3) is 0.438. The van der Waals surface area contributed by atoms with E-state index in [2.05, 4.69) is 15.5 Å². The van der Waals surface area contributed by atoms with Gasteiger partial charge in [0.2, 0.25) is 5.91 Å². The number of amides is 1. The summed E-state index contributed by atoms with van der Waals surface area (Å²) in [5, 5.41) is 5.89. The zero-order valence-electron chi connectivity index (χ0n) is 13.6. The predicted octanol–water partition coefficient (Wildman–Crippen LogP) is 1.09. The van der Waals surface area contributed by atoms with E-state index in [-0.39, 0.29) is 29.6 Å². The normalized spacial score (nSPS) is 18.4. The number of carbonyl (C=O) groups is 1. The van der Waals surface area contributed by atoms with Crippen LogP contribution in [0.1, 0.15) is 18.3 Å². The largest absolute Gasteiger partial charge is 0.416 e. The molecule has 0 aliphatic carbocycles. The Labute approximate surface area is 142 Å². The molecule has 25 heavy (non-hydrogen) atoms. The van der Waals surface area contributed by atoms with Crippen LogP contribution in [0.3, 0.4) is 0 Å². The van der Waals surface area contributed by atoms with Gasteiger partial charge in [0.25, 0.3) is 5.89 Å². The molecular weight excluding hydrogens is 337 g/mol. The minimum Gasteiger partial charge on any atom is -0.341 e. The van der Waals surface area contributed by atoms with E-state index in [1.54, 1.807) is 4.90 Å². The molecule has 9 heteroatoms. The first-order valence-electron chi connectivity index (χ1n) is 7.94. The van der Waals surface area contributed by atoms with Crippen LogP contribution in [0.5, 0.6) is 0 Å². The number of quaternary nitrogens is 1. The van der Waals surface area contributed by atoms with E-state index in [0.29, 0.717) is 19.1 Å². The van der Waals surface area contributed by atoms with E-state index in [9.17, 15) is 18.0 Å². The molecular formula is C16H18F3N4O2+. The number of hydrogen-bond acceptors (Lipinski definition) is 4. The lowest BCUT2D eigenvalue weighted by atomic mass is 10.1. The monoisotopic (exact) mass is 355 g/mol. The maximum atomic E-state index is 12.8. The smallest absolute Gasteiger partial charge is 0.341 e. The number of alkyl halides is 3. The van der Waals surface area contributed by atoms with Gasteiger partial charge in [0.15, 0.2) is 5.82 Å². The Hall–Kier alpha value is -2.42. The van der Waals surface area contributed by atoms with Crippen molar-refractivity contribution in [1.82, 2.24) is 15.0 Å². The summed E-state index contributed by atoms with van der Waals surface area (Å²) in [6.45, 7) is 4.19. The van der Waals surface area contributed by atoms with Crippen molar-refractivity contribution < 1.29 is 27.8 Å². The van der Waals surface area contributed by atoms with Gasteiger partial charge in [-0.15, -0.1) is 0 Å². The van der Waals surface area contributed by atoms with Crippen LogP contribution in [0.2, 0.25) is 0 Å². The van der Waals surface area contributed by atoms with E-state index in [1.807, 2.05) is 6.92 Å². The first-order chi connectivity index (χ1) is 11.8. The second kappa shape index (κ2) is 6.83. The molecule has 1 aromatic heterocycles. The van der Waals surface area contributed by atoms with Crippen molar-refractivity contribution >= 4 is 5.91 Å². The first-order valence-corrected chi connectivity index (χ1v) is 7.94. The maximum absolute atomic E-state index is 12.8. The third-order valence-electron chi connectivity index (χ3n) is 4.04. The van der Waals surface area contributed by atoms with Gasteiger partial charge in [-0.1, -0.05) is 11.2 Å². The summed E-state index contributed by atoms with van der Waals surface area (Å²) >= 11 is 0. The summed E-state index contributed by atoms with van der Waals surface area (Å²) in [4.78, 5) is 18.1. The molecule has 2 aromatic rings. The van der Waals surface area contributed by atoms with Gasteiger partial charge in [-0.2, -0.15) is 18.2 Å². The second-order valence-electron chi connectivity index (χ2n) is 6.11. The lowest BCUT2D eigenvalue weighted by Gasteiger charge is -2.29. The van der Waals surface area contributed by atoms with Gasteiger partial charge < -0.3 is 14.7 Å². The van der Waals surface area contributed by atoms with Crippen molar-refractivity contribution in [1.29, 1.82) is 0 Å². The average Bonchev–Trinajstić information content (AvgIpc) is 3.03. The SMILES string of the molecule is C[C@H]1CN(C(=O)Cc2noc(-c3cccc(C(F)(F)F)c3)n2)CC[NH2+]1. The van der Waals surface area contributed by atoms with Gasteiger partial charge in [-0.3, -0.25) is 4.79 Å². The Kier molecular flexibility index (Phi) is 4.76. The minimum absolute atomic E-state index is 0.0326. The Bertz CT molecular complexity index is 760. The Morgan fingerprint density at radius 1 is 1.44 bits per heavy atom. The van der Waals surface area contributed by atoms with Gasteiger partial charge in [0, 0.05) is 5.56 Å². The third kappa shape index (κ3) is 4.16. The highest BCUT2D eigenvalue weighted by atomic mass is 19.4.